The van der Waals surface area contributed by atoms with E-state index >= 15 is 0 Å². The molecule has 1 aliphatic heterocycles. The fraction of sp³-hybridized carbons (Fsp3) is 0.400. The van der Waals surface area contributed by atoms with Gasteiger partial charge in [-0.2, -0.15) is 0 Å². The normalized spacial score (nSPS) is 24.9. The van der Waals surface area contributed by atoms with Crippen molar-refractivity contribution in [1.82, 2.24) is 4.90 Å². The second kappa shape index (κ2) is 7.92. The van der Waals surface area contributed by atoms with Crippen molar-refractivity contribution in [2.45, 2.75) is 44.1 Å². The van der Waals surface area contributed by atoms with Gasteiger partial charge in [-0.1, -0.05) is 54.6 Å². The van der Waals surface area contributed by atoms with E-state index in [1.807, 2.05) is 42.5 Å². The first-order chi connectivity index (χ1) is 13.6. The van der Waals surface area contributed by atoms with E-state index in [4.69, 9.17) is 4.74 Å². The molecular weight excluding hydrogens is 346 g/mol. The maximum Gasteiger partial charge on any atom is 0.193 e. The number of nitrogens with zero attached hydrogens (tertiary/aromatic N) is 1. The van der Waals surface area contributed by atoms with Crippen LogP contribution >= 0.6 is 0 Å². The Bertz CT molecular complexity index is 856. The Hall–Kier alpha value is -2.39. The molecule has 2 atom stereocenters. The van der Waals surface area contributed by atoms with Crippen molar-refractivity contribution in [3.8, 4) is 0 Å². The van der Waals surface area contributed by atoms with E-state index in [0.717, 1.165) is 36.3 Å². The number of ether oxygens (including phenoxy) is 1. The molecule has 4 rings (SSSR count). The van der Waals surface area contributed by atoms with Gasteiger partial charge in [-0.05, 0) is 57.8 Å². The minimum atomic E-state index is -0.106. The van der Waals surface area contributed by atoms with Gasteiger partial charge in [0.05, 0.1) is 0 Å². The maximum absolute atomic E-state index is 12.7. The van der Waals surface area contributed by atoms with Gasteiger partial charge in [0.25, 0.3) is 0 Å². The first-order valence-electron chi connectivity index (χ1n) is 10.3. The maximum atomic E-state index is 12.7. The molecule has 2 aliphatic rings. The summed E-state index contributed by atoms with van der Waals surface area (Å²) in [7, 11) is 2.19. The van der Waals surface area contributed by atoms with E-state index in [9.17, 15) is 4.79 Å². The van der Waals surface area contributed by atoms with Gasteiger partial charge in [0.2, 0.25) is 0 Å². The number of allylic oxidation sites excluding steroid dienone is 2. The van der Waals surface area contributed by atoms with Gasteiger partial charge < -0.3 is 9.64 Å². The second-order valence-corrected chi connectivity index (χ2v) is 8.30. The summed E-state index contributed by atoms with van der Waals surface area (Å²) in [4.78, 5) is 15.1. The number of carbonyl (C=O) groups is 1. The monoisotopic (exact) mass is 375 g/mol. The smallest absolute Gasteiger partial charge is 0.193 e. The summed E-state index contributed by atoms with van der Waals surface area (Å²) in [6.45, 7) is 4.20. The highest BCUT2D eigenvalue weighted by atomic mass is 16.5. The van der Waals surface area contributed by atoms with Crippen molar-refractivity contribution in [3.05, 3.63) is 83.1 Å². The van der Waals surface area contributed by atoms with Crippen LogP contribution in [0, 0.1) is 0 Å². The topological polar surface area (TPSA) is 29.5 Å². The highest BCUT2D eigenvalue weighted by Crippen LogP contribution is 2.42. The number of ketones is 1. The van der Waals surface area contributed by atoms with Crippen LogP contribution in [0.25, 0.3) is 0 Å². The predicted octanol–water partition coefficient (Wildman–Crippen LogP) is 4.96. The highest BCUT2D eigenvalue weighted by Gasteiger charge is 2.37. The summed E-state index contributed by atoms with van der Waals surface area (Å²) in [6.07, 6.45) is 6.82. The number of hydrogen-bond acceptors (Lipinski definition) is 3. The molecule has 0 amide bonds. The Balaban J connectivity index is 1.48. The van der Waals surface area contributed by atoms with Gasteiger partial charge in [-0.3, -0.25) is 4.79 Å². The number of likely N-dealkylation sites (tertiary alicyclic amines) is 1. The van der Waals surface area contributed by atoms with E-state index in [1.165, 1.54) is 24.9 Å². The van der Waals surface area contributed by atoms with Crippen molar-refractivity contribution >= 4 is 5.78 Å². The molecule has 0 saturated carbocycles. The molecule has 0 bridgehead atoms. The lowest BCUT2D eigenvalue weighted by Crippen LogP contribution is -2.31. The van der Waals surface area contributed by atoms with Gasteiger partial charge in [-0.25, -0.2) is 0 Å². The fourth-order valence-corrected chi connectivity index (χ4v) is 4.47. The molecular formula is C25H29NO2. The number of hydrogen-bond donors (Lipinski definition) is 0. The van der Waals surface area contributed by atoms with Crippen molar-refractivity contribution in [1.29, 1.82) is 0 Å². The molecule has 2 aromatic carbocycles. The van der Waals surface area contributed by atoms with Crippen LogP contribution in [0.2, 0.25) is 0 Å². The largest absolute Gasteiger partial charge is 0.496 e. The average molecular weight is 376 g/mol. The first kappa shape index (κ1) is 18.9. The standard InChI is InChI=1S/C25H29NO2/c1-25(16-6-11-23(25)28-18-22-10-7-17-26(22)2)21-14-12-20(13-15-21)24(27)19-8-4-3-5-9-19/h3-5,8-9,11-15,22H,6-7,10,16-18H2,1-2H3/t22-,25+/m0/s1. The molecule has 0 unspecified atom stereocenters. The molecule has 3 nitrogen and oxygen atoms in total. The van der Waals surface area contributed by atoms with E-state index in [0.29, 0.717) is 6.04 Å². The third-order valence-electron chi connectivity index (χ3n) is 6.44. The number of carbonyl (C=O) groups excluding carboxylic acids is 1. The molecule has 1 saturated heterocycles. The first-order valence-corrected chi connectivity index (χ1v) is 10.3. The number of rotatable bonds is 6. The lowest BCUT2D eigenvalue weighted by Gasteiger charge is -2.30. The van der Waals surface area contributed by atoms with E-state index in [1.54, 1.807) is 0 Å². The Morgan fingerprint density at radius 1 is 1.11 bits per heavy atom. The molecule has 0 spiro atoms. The summed E-state index contributed by atoms with van der Waals surface area (Å²) in [5, 5.41) is 0. The van der Waals surface area contributed by atoms with E-state index in [-0.39, 0.29) is 11.2 Å². The molecule has 0 N–H and O–H groups in total. The lowest BCUT2D eigenvalue weighted by atomic mass is 9.80. The van der Waals surface area contributed by atoms with Crippen LogP contribution in [-0.2, 0) is 10.2 Å². The van der Waals surface area contributed by atoms with Crippen LogP contribution in [0.5, 0.6) is 0 Å². The molecule has 1 heterocycles. The van der Waals surface area contributed by atoms with Crippen molar-refractivity contribution < 1.29 is 9.53 Å². The zero-order chi connectivity index (χ0) is 19.6. The second-order valence-electron chi connectivity index (χ2n) is 8.30. The molecule has 1 aliphatic carbocycles. The predicted molar refractivity (Wildman–Crippen MR) is 113 cm³/mol. The Labute approximate surface area is 168 Å². The van der Waals surface area contributed by atoms with Gasteiger partial charge in [0, 0.05) is 22.6 Å². The van der Waals surface area contributed by atoms with Crippen LogP contribution in [0.4, 0.5) is 0 Å². The summed E-state index contributed by atoms with van der Waals surface area (Å²) in [6, 6.07) is 18.1. The molecule has 0 aromatic heterocycles. The quantitative estimate of drug-likeness (QED) is 0.668. The minimum Gasteiger partial charge on any atom is -0.496 e. The summed E-state index contributed by atoms with van der Waals surface area (Å²) < 4.78 is 6.33. The van der Waals surface area contributed by atoms with Crippen LogP contribution < -0.4 is 0 Å². The summed E-state index contributed by atoms with van der Waals surface area (Å²) in [5.74, 6) is 1.16. The number of benzene rings is 2. The fourth-order valence-electron chi connectivity index (χ4n) is 4.47. The summed E-state index contributed by atoms with van der Waals surface area (Å²) in [5.41, 5.74) is 2.58. The van der Waals surface area contributed by atoms with E-state index in [2.05, 4.69) is 37.1 Å². The molecule has 1 fully saturated rings. The Morgan fingerprint density at radius 2 is 1.82 bits per heavy atom. The average Bonchev–Trinajstić information content (AvgIpc) is 3.32. The Morgan fingerprint density at radius 3 is 2.50 bits per heavy atom. The van der Waals surface area contributed by atoms with Gasteiger partial charge in [0.15, 0.2) is 5.78 Å². The van der Waals surface area contributed by atoms with Crippen molar-refractivity contribution in [3.63, 3.8) is 0 Å². The molecule has 0 radical (unpaired) electrons. The van der Waals surface area contributed by atoms with E-state index < -0.39 is 0 Å². The zero-order valence-electron chi connectivity index (χ0n) is 16.9. The zero-order valence-corrected chi connectivity index (χ0v) is 16.9. The van der Waals surface area contributed by atoms with Crippen LogP contribution in [0.3, 0.4) is 0 Å². The third-order valence-corrected chi connectivity index (χ3v) is 6.44. The van der Waals surface area contributed by atoms with Gasteiger partial charge >= 0.3 is 0 Å². The molecule has 28 heavy (non-hydrogen) atoms. The van der Waals surface area contributed by atoms with Crippen LogP contribution in [-0.4, -0.2) is 36.9 Å². The lowest BCUT2D eigenvalue weighted by molar-refractivity contribution is 0.103. The number of likely N-dealkylation sites (N-methyl/N-ethyl adjacent to an activating group) is 1. The van der Waals surface area contributed by atoms with Crippen LogP contribution in [0.1, 0.15) is 54.1 Å². The van der Waals surface area contributed by atoms with Gasteiger partial charge in [-0.15, -0.1) is 0 Å². The third kappa shape index (κ3) is 3.64. The Kier molecular flexibility index (Phi) is 5.36. The summed E-state index contributed by atoms with van der Waals surface area (Å²) >= 11 is 0. The highest BCUT2D eigenvalue weighted by molar-refractivity contribution is 6.08. The SMILES string of the molecule is CN1CCC[C@H]1COC1=CCC[C@]1(C)c1ccc(C(=O)c2ccccc2)cc1. The van der Waals surface area contributed by atoms with Crippen molar-refractivity contribution in [2.24, 2.45) is 0 Å². The molecule has 3 heteroatoms. The molecule has 2 aromatic rings. The minimum absolute atomic E-state index is 0.0695. The van der Waals surface area contributed by atoms with Crippen LogP contribution in [0.15, 0.2) is 66.4 Å². The molecule has 146 valence electrons. The van der Waals surface area contributed by atoms with Gasteiger partial charge in [0.1, 0.15) is 12.4 Å². The van der Waals surface area contributed by atoms with Crippen molar-refractivity contribution in [2.75, 3.05) is 20.2 Å².